The molecule has 0 radical (unpaired) electrons. The largest absolute Gasteiger partial charge is 0.360 e. The van der Waals surface area contributed by atoms with Crippen molar-refractivity contribution in [1.29, 1.82) is 0 Å². The number of rotatable bonds is 4. The zero-order chi connectivity index (χ0) is 13.3. The number of aryl methyl sites for hydroxylation is 2. The Morgan fingerprint density at radius 2 is 2.17 bits per heavy atom. The van der Waals surface area contributed by atoms with Crippen LogP contribution in [0.5, 0.6) is 0 Å². The summed E-state index contributed by atoms with van der Waals surface area (Å²) in [5, 5.41) is 3.67. The molecule has 0 saturated heterocycles. The van der Waals surface area contributed by atoms with Crippen LogP contribution in [-0.2, 0) is 10.0 Å². The molecule has 2 unspecified atom stereocenters. The molecule has 1 aromatic rings. The fraction of sp³-hybridized carbons (Fsp3) is 0.727. The van der Waals surface area contributed by atoms with Crippen molar-refractivity contribution in [3.63, 3.8) is 0 Å². The quantitative estimate of drug-likeness (QED) is 0.855. The molecule has 1 heterocycles. The van der Waals surface area contributed by atoms with Crippen molar-refractivity contribution in [2.24, 2.45) is 5.92 Å². The van der Waals surface area contributed by atoms with Crippen molar-refractivity contribution in [3.8, 4) is 0 Å². The van der Waals surface area contributed by atoms with Crippen LogP contribution in [0.4, 0.5) is 0 Å². The first-order valence-corrected chi connectivity index (χ1v) is 8.38. The van der Waals surface area contributed by atoms with Crippen LogP contribution in [0.1, 0.15) is 30.7 Å². The zero-order valence-corrected chi connectivity index (χ0v) is 12.8. The summed E-state index contributed by atoms with van der Waals surface area (Å²) in [4.78, 5) is 0.580. The fourth-order valence-electron chi connectivity index (χ4n) is 2.37. The monoisotopic (exact) mass is 336 g/mol. The van der Waals surface area contributed by atoms with Crippen molar-refractivity contribution in [3.05, 3.63) is 11.5 Å². The topological polar surface area (TPSA) is 72.2 Å². The molecule has 0 bridgehead atoms. The van der Waals surface area contributed by atoms with E-state index in [0.717, 1.165) is 19.3 Å². The predicted octanol–water partition coefficient (Wildman–Crippen LogP) is 2.13. The van der Waals surface area contributed by atoms with E-state index >= 15 is 0 Å². The predicted molar refractivity (Wildman–Crippen MR) is 71.2 cm³/mol. The molecule has 1 aromatic heterocycles. The summed E-state index contributed by atoms with van der Waals surface area (Å²) in [5.74, 6) is 0.696. The van der Waals surface area contributed by atoms with Crippen LogP contribution in [0.3, 0.4) is 0 Å². The summed E-state index contributed by atoms with van der Waals surface area (Å²) in [6, 6.07) is 0. The van der Waals surface area contributed by atoms with Gasteiger partial charge >= 0.3 is 0 Å². The average molecular weight is 337 g/mol. The Morgan fingerprint density at radius 3 is 2.67 bits per heavy atom. The Balaban J connectivity index is 2.08. The summed E-state index contributed by atoms with van der Waals surface area (Å²) in [7, 11) is -3.52. The summed E-state index contributed by atoms with van der Waals surface area (Å²) < 4.78 is 31.9. The van der Waals surface area contributed by atoms with Gasteiger partial charge in [-0.2, -0.15) is 0 Å². The molecule has 1 N–H and O–H groups in total. The van der Waals surface area contributed by atoms with Crippen LogP contribution in [-0.4, -0.2) is 24.9 Å². The van der Waals surface area contributed by atoms with E-state index in [1.807, 2.05) is 0 Å². The molecule has 1 aliphatic rings. The Kier molecular flexibility index (Phi) is 4.13. The van der Waals surface area contributed by atoms with E-state index in [9.17, 15) is 8.42 Å². The second kappa shape index (κ2) is 5.30. The molecule has 7 heteroatoms. The number of nitrogens with zero attached hydrogens (tertiary/aromatic N) is 1. The maximum atomic E-state index is 12.2. The lowest BCUT2D eigenvalue weighted by molar-refractivity contribution is 0.390. The van der Waals surface area contributed by atoms with Gasteiger partial charge < -0.3 is 4.52 Å². The second-order valence-electron chi connectivity index (χ2n) is 4.71. The third kappa shape index (κ3) is 2.78. The molecule has 1 aliphatic carbocycles. The first-order valence-electron chi connectivity index (χ1n) is 5.98. The standard InChI is InChI=1S/C11H17BrN2O3S/c1-7-11(8(2)17-14-7)18(15,16)13-6-9-4-3-5-10(9)12/h9-10,13H,3-6H2,1-2H3. The van der Waals surface area contributed by atoms with Crippen LogP contribution >= 0.6 is 15.9 Å². The lowest BCUT2D eigenvalue weighted by Gasteiger charge is -2.14. The molecule has 1 fully saturated rings. The number of hydrogen-bond acceptors (Lipinski definition) is 4. The summed E-state index contributed by atoms with van der Waals surface area (Å²) in [6.45, 7) is 3.70. The normalized spacial score (nSPS) is 24.6. The van der Waals surface area contributed by atoms with Gasteiger partial charge in [0, 0.05) is 11.4 Å². The van der Waals surface area contributed by atoms with E-state index in [4.69, 9.17) is 4.52 Å². The van der Waals surface area contributed by atoms with Crippen molar-refractivity contribution < 1.29 is 12.9 Å². The first-order chi connectivity index (χ1) is 8.42. The number of hydrogen-bond donors (Lipinski definition) is 1. The van der Waals surface area contributed by atoms with Crippen LogP contribution in [0, 0.1) is 19.8 Å². The van der Waals surface area contributed by atoms with Crippen molar-refractivity contribution in [2.45, 2.75) is 42.8 Å². The van der Waals surface area contributed by atoms with Gasteiger partial charge in [-0.25, -0.2) is 13.1 Å². The van der Waals surface area contributed by atoms with Crippen molar-refractivity contribution in [2.75, 3.05) is 6.54 Å². The van der Waals surface area contributed by atoms with Crippen LogP contribution < -0.4 is 4.72 Å². The third-order valence-corrected chi connectivity index (χ3v) is 6.21. The highest BCUT2D eigenvalue weighted by Gasteiger charge is 2.29. The summed E-state index contributed by atoms with van der Waals surface area (Å²) in [5.41, 5.74) is 0.404. The lowest BCUT2D eigenvalue weighted by Crippen LogP contribution is -2.31. The van der Waals surface area contributed by atoms with E-state index < -0.39 is 10.0 Å². The van der Waals surface area contributed by atoms with Crippen molar-refractivity contribution in [1.82, 2.24) is 9.88 Å². The first kappa shape index (κ1) is 14.0. The Morgan fingerprint density at radius 1 is 1.44 bits per heavy atom. The molecular formula is C11H17BrN2O3S. The fourth-order valence-corrected chi connectivity index (χ4v) is 4.56. The van der Waals surface area contributed by atoms with Crippen LogP contribution in [0.15, 0.2) is 9.42 Å². The Bertz CT molecular complexity index is 507. The van der Waals surface area contributed by atoms with E-state index in [0.29, 0.717) is 28.7 Å². The second-order valence-corrected chi connectivity index (χ2v) is 7.59. The number of sulfonamides is 1. The number of halogens is 1. The molecule has 0 spiro atoms. The van der Waals surface area contributed by atoms with Gasteiger partial charge in [-0.05, 0) is 32.6 Å². The highest BCUT2D eigenvalue weighted by molar-refractivity contribution is 9.09. The molecule has 102 valence electrons. The van der Waals surface area contributed by atoms with Gasteiger partial charge in [0.25, 0.3) is 0 Å². The maximum absolute atomic E-state index is 12.2. The highest BCUT2D eigenvalue weighted by Crippen LogP contribution is 2.31. The minimum Gasteiger partial charge on any atom is -0.360 e. The van der Waals surface area contributed by atoms with Gasteiger partial charge in [0.2, 0.25) is 10.0 Å². The SMILES string of the molecule is Cc1noc(C)c1S(=O)(=O)NCC1CCCC1Br. The molecule has 1 saturated carbocycles. The van der Waals surface area contributed by atoms with E-state index in [1.165, 1.54) is 0 Å². The van der Waals surface area contributed by atoms with Gasteiger partial charge in [-0.15, -0.1) is 0 Å². The number of aromatic nitrogens is 1. The van der Waals surface area contributed by atoms with Crippen molar-refractivity contribution >= 4 is 26.0 Å². The van der Waals surface area contributed by atoms with E-state index in [-0.39, 0.29) is 4.90 Å². The highest BCUT2D eigenvalue weighted by atomic mass is 79.9. The van der Waals surface area contributed by atoms with Gasteiger partial charge in [-0.1, -0.05) is 27.5 Å². The van der Waals surface area contributed by atoms with Gasteiger partial charge in [0.05, 0.1) is 0 Å². The summed E-state index contributed by atoms with van der Waals surface area (Å²) in [6.07, 6.45) is 3.31. The van der Waals surface area contributed by atoms with Gasteiger partial charge in [-0.3, -0.25) is 0 Å². The zero-order valence-electron chi connectivity index (χ0n) is 10.4. The molecule has 18 heavy (non-hydrogen) atoms. The van der Waals surface area contributed by atoms with Gasteiger partial charge in [0.1, 0.15) is 10.6 Å². The van der Waals surface area contributed by atoms with Crippen LogP contribution in [0.2, 0.25) is 0 Å². The Labute approximate surface area is 115 Å². The summed E-state index contributed by atoms with van der Waals surface area (Å²) >= 11 is 3.58. The molecular weight excluding hydrogens is 320 g/mol. The molecule has 0 amide bonds. The molecule has 2 rings (SSSR count). The molecule has 0 aromatic carbocycles. The maximum Gasteiger partial charge on any atom is 0.245 e. The minimum atomic E-state index is -3.52. The average Bonchev–Trinajstić information content (AvgIpc) is 2.83. The molecule has 2 atom stereocenters. The minimum absolute atomic E-state index is 0.173. The third-order valence-electron chi connectivity index (χ3n) is 3.34. The lowest BCUT2D eigenvalue weighted by atomic mass is 10.1. The van der Waals surface area contributed by atoms with Gasteiger partial charge in [0.15, 0.2) is 5.76 Å². The number of alkyl halides is 1. The van der Waals surface area contributed by atoms with Crippen LogP contribution in [0.25, 0.3) is 0 Å². The molecule has 5 nitrogen and oxygen atoms in total. The Hall–Kier alpha value is -0.400. The van der Waals surface area contributed by atoms with E-state index in [2.05, 4.69) is 25.8 Å². The number of nitrogens with one attached hydrogen (secondary N) is 1. The molecule has 0 aliphatic heterocycles. The smallest absolute Gasteiger partial charge is 0.245 e. The van der Waals surface area contributed by atoms with E-state index in [1.54, 1.807) is 13.8 Å².